The number of amides is 1. The molecule has 0 aromatic rings. The zero-order chi connectivity index (χ0) is 45.4. The van der Waals surface area contributed by atoms with Crippen molar-refractivity contribution in [3.8, 4) is 0 Å². The predicted molar refractivity (Wildman–Crippen MR) is 240 cm³/mol. The fraction of sp³-hybridized carbons (Fsp3) is 0.896. The van der Waals surface area contributed by atoms with Crippen molar-refractivity contribution in [1.29, 1.82) is 0 Å². The third-order valence-corrected chi connectivity index (χ3v) is 12.1. The quantitative estimate of drug-likeness (QED) is 0.0267. The number of allylic oxidation sites excluding steroid dienone is 3. The monoisotopic (exact) mass is 888 g/mol. The molecule has 0 aromatic heterocycles. The molecule has 2 saturated heterocycles. The van der Waals surface area contributed by atoms with E-state index in [1.807, 2.05) is 6.08 Å². The molecule has 2 heterocycles. The van der Waals surface area contributed by atoms with Gasteiger partial charge in [0.05, 0.1) is 32.0 Å². The average molecular weight is 888 g/mol. The van der Waals surface area contributed by atoms with E-state index in [1.54, 1.807) is 6.08 Å². The maximum atomic E-state index is 13.1. The van der Waals surface area contributed by atoms with E-state index in [4.69, 9.17) is 18.9 Å². The molecule has 0 radical (unpaired) electrons. The van der Waals surface area contributed by atoms with E-state index in [1.165, 1.54) is 96.3 Å². The predicted octanol–water partition coefficient (Wildman–Crippen LogP) is 5.77. The number of carbonyl (C=O) groups is 1. The minimum Gasteiger partial charge on any atom is -0.394 e. The van der Waals surface area contributed by atoms with E-state index in [0.29, 0.717) is 6.42 Å². The minimum atomic E-state index is -1.79. The SMILES string of the molecule is CCCCCCCCC/C=C\CCCCCCCC(=O)NC(COC1OC(CO)C(OC2OC(CO)C(O)C(O)C2O)C(O)C1O)C(O)/C=C/CCCCCCCCCCCC. The number of hydrogen-bond acceptors (Lipinski definition) is 13. The zero-order valence-corrected chi connectivity index (χ0v) is 38.4. The number of rotatable bonds is 37. The van der Waals surface area contributed by atoms with Crippen LogP contribution in [0, 0.1) is 0 Å². The van der Waals surface area contributed by atoms with Crippen molar-refractivity contribution in [3.63, 3.8) is 0 Å². The van der Waals surface area contributed by atoms with Crippen molar-refractivity contribution in [3.05, 3.63) is 24.3 Å². The molecule has 2 aliphatic rings. The highest BCUT2D eigenvalue weighted by atomic mass is 16.7. The second-order valence-corrected chi connectivity index (χ2v) is 17.6. The summed E-state index contributed by atoms with van der Waals surface area (Å²) >= 11 is 0. The Bertz CT molecular complexity index is 1140. The first kappa shape index (κ1) is 56.6. The van der Waals surface area contributed by atoms with Crippen molar-refractivity contribution in [2.45, 2.75) is 254 Å². The van der Waals surface area contributed by atoms with Gasteiger partial charge in [0.1, 0.15) is 48.8 Å². The van der Waals surface area contributed by atoms with E-state index in [9.17, 15) is 45.6 Å². The molecular formula is C48H89NO13. The van der Waals surface area contributed by atoms with Gasteiger partial charge in [0, 0.05) is 6.42 Å². The topological polar surface area (TPSA) is 228 Å². The second-order valence-electron chi connectivity index (χ2n) is 17.6. The Kier molecular flexibility index (Phi) is 32.6. The summed E-state index contributed by atoms with van der Waals surface area (Å²) in [7, 11) is 0. The van der Waals surface area contributed by atoms with Crippen LogP contribution in [0.5, 0.6) is 0 Å². The summed E-state index contributed by atoms with van der Waals surface area (Å²) < 4.78 is 22.6. The Morgan fingerprint density at radius 2 is 1.02 bits per heavy atom. The zero-order valence-electron chi connectivity index (χ0n) is 38.4. The van der Waals surface area contributed by atoms with Crippen molar-refractivity contribution >= 4 is 5.91 Å². The number of aliphatic hydroxyl groups is 8. The van der Waals surface area contributed by atoms with Crippen LogP contribution in [0.1, 0.15) is 181 Å². The highest BCUT2D eigenvalue weighted by molar-refractivity contribution is 5.76. The molecule has 12 unspecified atom stereocenters. The first-order valence-corrected chi connectivity index (χ1v) is 24.6. The second kappa shape index (κ2) is 35.7. The number of unbranched alkanes of at least 4 members (excludes halogenated alkanes) is 22. The van der Waals surface area contributed by atoms with Crippen LogP contribution in [0.15, 0.2) is 24.3 Å². The Hall–Kier alpha value is -1.53. The number of hydrogen-bond donors (Lipinski definition) is 9. The van der Waals surface area contributed by atoms with E-state index >= 15 is 0 Å². The average Bonchev–Trinajstić information content (AvgIpc) is 3.27. The van der Waals surface area contributed by atoms with Crippen molar-refractivity contribution in [2.75, 3.05) is 19.8 Å². The summed E-state index contributed by atoms with van der Waals surface area (Å²) in [5.74, 6) is -0.250. The molecule has 1 amide bonds. The lowest BCUT2D eigenvalue weighted by Gasteiger charge is -2.46. The van der Waals surface area contributed by atoms with Crippen LogP contribution in [0.3, 0.4) is 0 Å². The smallest absolute Gasteiger partial charge is 0.220 e. The normalized spacial score (nSPS) is 27.9. The molecule has 2 aliphatic heterocycles. The first-order valence-electron chi connectivity index (χ1n) is 24.6. The number of nitrogens with one attached hydrogen (secondary N) is 1. The van der Waals surface area contributed by atoms with Crippen LogP contribution in [0.4, 0.5) is 0 Å². The minimum absolute atomic E-state index is 0.250. The van der Waals surface area contributed by atoms with Crippen LogP contribution in [-0.4, -0.2) is 140 Å². The first-order chi connectivity index (χ1) is 30.1. The molecular weight excluding hydrogens is 799 g/mol. The van der Waals surface area contributed by atoms with Gasteiger partial charge >= 0.3 is 0 Å². The maximum Gasteiger partial charge on any atom is 0.220 e. The van der Waals surface area contributed by atoms with Crippen LogP contribution in [0.25, 0.3) is 0 Å². The molecule has 0 saturated carbocycles. The van der Waals surface area contributed by atoms with E-state index < -0.39 is 86.8 Å². The van der Waals surface area contributed by atoms with Gasteiger partial charge in [0.25, 0.3) is 0 Å². The van der Waals surface area contributed by atoms with Crippen LogP contribution >= 0.6 is 0 Å². The Balaban J connectivity index is 1.87. The van der Waals surface area contributed by atoms with Crippen molar-refractivity contribution < 1.29 is 64.6 Å². The summed E-state index contributed by atoms with van der Waals surface area (Å²) in [5, 5.41) is 86.6. The molecule has 14 nitrogen and oxygen atoms in total. The number of carbonyl (C=O) groups excluding carboxylic acids is 1. The number of aliphatic hydroxyl groups excluding tert-OH is 8. The fourth-order valence-corrected chi connectivity index (χ4v) is 8.05. The van der Waals surface area contributed by atoms with Gasteiger partial charge in [-0.05, 0) is 44.9 Å². The molecule has 12 atom stereocenters. The lowest BCUT2D eigenvalue weighted by molar-refractivity contribution is -0.359. The highest BCUT2D eigenvalue weighted by Crippen LogP contribution is 2.30. The fourth-order valence-electron chi connectivity index (χ4n) is 8.05. The standard InChI is InChI=1S/C48H89NO13/c1-3-5-7-9-11-13-15-17-18-19-20-22-24-26-28-30-32-40(53)49-36(37(52)31-29-27-25-23-21-16-14-12-10-8-6-4-2)35-59-47-45(58)43(56)46(39(34-51)61-47)62-48-44(57)42(55)41(54)38(33-50)60-48/h18-19,29,31,36-39,41-48,50-52,54-58H,3-17,20-28,30,32-35H2,1-2H3,(H,49,53)/b19-18-,31-29+. The summed E-state index contributed by atoms with van der Waals surface area (Å²) in [5.41, 5.74) is 0. The molecule has 0 aromatic carbocycles. The summed E-state index contributed by atoms with van der Waals surface area (Å²) in [6.07, 6.45) is 20.7. The molecule has 2 fully saturated rings. The van der Waals surface area contributed by atoms with E-state index in [-0.39, 0.29) is 18.9 Å². The molecule has 364 valence electrons. The van der Waals surface area contributed by atoms with Gasteiger partial charge in [0.15, 0.2) is 12.6 Å². The van der Waals surface area contributed by atoms with Gasteiger partial charge in [-0.2, -0.15) is 0 Å². The van der Waals surface area contributed by atoms with E-state index in [0.717, 1.165) is 57.8 Å². The van der Waals surface area contributed by atoms with Gasteiger partial charge in [-0.1, -0.05) is 154 Å². The van der Waals surface area contributed by atoms with Gasteiger partial charge in [-0.25, -0.2) is 0 Å². The summed E-state index contributed by atoms with van der Waals surface area (Å²) in [4.78, 5) is 13.1. The lowest BCUT2D eigenvalue weighted by atomic mass is 9.97. The van der Waals surface area contributed by atoms with Gasteiger partial charge in [-0.3, -0.25) is 4.79 Å². The molecule has 14 heteroatoms. The van der Waals surface area contributed by atoms with Gasteiger partial charge in [-0.15, -0.1) is 0 Å². The highest BCUT2D eigenvalue weighted by Gasteiger charge is 2.51. The molecule has 0 aliphatic carbocycles. The number of ether oxygens (including phenoxy) is 4. The summed E-state index contributed by atoms with van der Waals surface area (Å²) in [6.45, 7) is 2.75. The maximum absolute atomic E-state index is 13.1. The van der Waals surface area contributed by atoms with Crippen LogP contribution in [0.2, 0.25) is 0 Å². The van der Waals surface area contributed by atoms with Crippen molar-refractivity contribution in [2.24, 2.45) is 0 Å². The molecule has 2 rings (SSSR count). The van der Waals surface area contributed by atoms with Crippen LogP contribution in [-0.2, 0) is 23.7 Å². The molecule has 9 N–H and O–H groups in total. The molecule has 62 heavy (non-hydrogen) atoms. The van der Waals surface area contributed by atoms with Crippen LogP contribution < -0.4 is 5.32 Å². The largest absolute Gasteiger partial charge is 0.394 e. The lowest BCUT2D eigenvalue weighted by Crippen LogP contribution is -2.65. The van der Waals surface area contributed by atoms with Gasteiger partial charge < -0.3 is 65.1 Å². The Morgan fingerprint density at radius 1 is 0.565 bits per heavy atom. The third kappa shape index (κ3) is 23.1. The third-order valence-electron chi connectivity index (χ3n) is 12.1. The summed E-state index contributed by atoms with van der Waals surface area (Å²) in [6, 6.07) is -0.914. The Morgan fingerprint density at radius 3 is 1.53 bits per heavy atom. The molecule has 0 bridgehead atoms. The Labute approximate surface area is 373 Å². The van der Waals surface area contributed by atoms with E-state index in [2.05, 4.69) is 31.3 Å². The molecule has 0 spiro atoms. The van der Waals surface area contributed by atoms with Gasteiger partial charge in [0.2, 0.25) is 5.91 Å². The van der Waals surface area contributed by atoms with Crippen molar-refractivity contribution in [1.82, 2.24) is 5.32 Å².